The van der Waals surface area contributed by atoms with Gasteiger partial charge in [0.25, 0.3) is 0 Å². The van der Waals surface area contributed by atoms with E-state index in [1.165, 1.54) is 0 Å². The van der Waals surface area contributed by atoms with E-state index < -0.39 is 0 Å². The molecule has 4 nitrogen and oxygen atoms in total. The lowest BCUT2D eigenvalue weighted by atomic mass is 10.0. The first-order valence-corrected chi connectivity index (χ1v) is 9.37. The minimum atomic E-state index is 0.384. The van der Waals surface area contributed by atoms with Crippen LogP contribution in [0.15, 0.2) is 54.7 Å². The summed E-state index contributed by atoms with van der Waals surface area (Å²) >= 11 is 6.07. The lowest BCUT2D eigenvalue weighted by Crippen LogP contribution is -2.38. The van der Waals surface area contributed by atoms with Gasteiger partial charge in [-0.3, -0.25) is 9.88 Å². The molecule has 1 saturated heterocycles. The van der Waals surface area contributed by atoms with Crippen LogP contribution in [0.2, 0.25) is 5.02 Å². The molecule has 0 unspecified atom stereocenters. The largest absolute Gasteiger partial charge is 0.508 e. The fraction of sp³-hybridized carbons (Fsp3) is 0.286. The number of nitrogens with zero attached hydrogens (tertiary/aromatic N) is 2. The van der Waals surface area contributed by atoms with Crippen molar-refractivity contribution in [3.8, 4) is 5.75 Å². The van der Waals surface area contributed by atoms with Gasteiger partial charge in [0.05, 0.1) is 5.52 Å². The second-order valence-electron chi connectivity index (χ2n) is 6.84. The van der Waals surface area contributed by atoms with Crippen molar-refractivity contribution < 1.29 is 5.11 Å². The van der Waals surface area contributed by atoms with Gasteiger partial charge in [0.1, 0.15) is 5.75 Å². The number of aromatic nitrogens is 1. The highest BCUT2D eigenvalue weighted by molar-refractivity contribution is 6.31. The maximum absolute atomic E-state index is 9.95. The van der Waals surface area contributed by atoms with Gasteiger partial charge in [-0.2, -0.15) is 0 Å². The van der Waals surface area contributed by atoms with Gasteiger partial charge >= 0.3 is 0 Å². The molecule has 2 aromatic carbocycles. The molecule has 134 valence electrons. The van der Waals surface area contributed by atoms with Gasteiger partial charge < -0.3 is 10.4 Å². The Labute approximate surface area is 158 Å². The van der Waals surface area contributed by atoms with E-state index in [1.54, 1.807) is 6.07 Å². The number of nitrogens with one attached hydrogen (secondary N) is 1. The van der Waals surface area contributed by atoms with Gasteiger partial charge in [0.2, 0.25) is 0 Å². The lowest BCUT2D eigenvalue weighted by Gasteiger charge is -2.33. The number of anilines is 1. The Bertz CT molecular complexity index is 907. The number of hydrogen-bond donors (Lipinski definition) is 2. The molecule has 0 spiro atoms. The molecule has 2 N–H and O–H groups in total. The molecule has 0 saturated carbocycles. The van der Waals surface area contributed by atoms with Gasteiger partial charge in [-0.05, 0) is 43.2 Å². The zero-order chi connectivity index (χ0) is 17.9. The lowest BCUT2D eigenvalue weighted by molar-refractivity contribution is 0.209. The number of hydrogen-bond acceptors (Lipinski definition) is 4. The van der Waals surface area contributed by atoms with Gasteiger partial charge in [0.15, 0.2) is 0 Å². The summed E-state index contributed by atoms with van der Waals surface area (Å²) in [5, 5.41) is 15.4. The van der Waals surface area contributed by atoms with E-state index in [0.29, 0.717) is 16.8 Å². The predicted molar refractivity (Wildman–Crippen MR) is 107 cm³/mol. The van der Waals surface area contributed by atoms with Crippen LogP contribution in [0.4, 0.5) is 5.69 Å². The third-order valence-corrected chi connectivity index (χ3v) is 5.27. The molecule has 1 aromatic heterocycles. The van der Waals surface area contributed by atoms with Crippen molar-refractivity contribution >= 4 is 28.2 Å². The number of fused-ring (bicyclic) bond motifs is 1. The molecule has 1 aliphatic rings. The monoisotopic (exact) mass is 367 g/mol. The number of rotatable bonds is 4. The van der Waals surface area contributed by atoms with Gasteiger partial charge in [0, 0.05) is 53.5 Å². The van der Waals surface area contributed by atoms with E-state index in [4.69, 9.17) is 11.6 Å². The van der Waals surface area contributed by atoms with Crippen molar-refractivity contribution in [1.82, 2.24) is 9.88 Å². The number of phenolic OH excluding ortho intramolecular Hbond substituents is 1. The Morgan fingerprint density at radius 1 is 1.12 bits per heavy atom. The Morgan fingerprint density at radius 2 is 1.92 bits per heavy atom. The summed E-state index contributed by atoms with van der Waals surface area (Å²) in [6.45, 7) is 2.83. The van der Waals surface area contributed by atoms with E-state index in [1.807, 2.05) is 48.7 Å². The van der Waals surface area contributed by atoms with Crippen molar-refractivity contribution in [2.75, 3.05) is 18.4 Å². The Kier molecular flexibility index (Phi) is 4.96. The minimum Gasteiger partial charge on any atom is -0.508 e. The first kappa shape index (κ1) is 17.1. The Hall–Kier alpha value is -2.30. The van der Waals surface area contributed by atoms with Gasteiger partial charge in [-0.15, -0.1) is 0 Å². The van der Waals surface area contributed by atoms with Crippen LogP contribution in [0.1, 0.15) is 18.4 Å². The molecule has 26 heavy (non-hydrogen) atoms. The summed E-state index contributed by atoms with van der Waals surface area (Å²) in [6, 6.07) is 15.9. The highest BCUT2D eigenvalue weighted by atomic mass is 35.5. The minimum absolute atomic E-state index is 0.384. The molecule has 0 atom stereocenters. The van der Waals surface area contributed by atoms with Crippen molar-refractivity contribution in [2.24, 2.45) is 0 Å². The maximum Gasteiger partial charge on any atom is 0.120 e. The second kappa shape index (κ2) is 7.52. The highest BCUT2D eigenvalue weighted by Crippen LogP contribution is 2.27. The van der Waals surface area contributed by atoms with Crippen LogP contribution in [0.3, 0.4) is 0 Å². The number of benzene rings is 2. The van der Waals surface area contributed by atoms with Crippen molar-refractivity contribution in [2.45, 2.75) is 25.4 Å². The predicted octanol–water partition coefficient (Wildman–Crippen LogP) is 4.67. The number of halogens is 1. The third kappa shape index (κ3) is 3.76. The molecule has 5 heteroatoms. The zero-order valence-corrected chi connectivity index (χ0v) is 15.3. The van der Waals surface area contributed by atoms with Crippen LogP contribution >= 0.6 is 11.6 Å². The first-order valence-electron chi connectivity index (χ1n) is 8.99. The Balaban J connectivity index is 1.39. The van der Waals surface area contributed by atoms with Crippen LogP contribution < -0.4 is 5.32 Å². The van der Waals surface area contributed by atoms with Crippen LogP contribution in [-0.2, 0) is 6.54 Å². The average molecular weight is 368 g/mol. The summed E-state index contributed by atoms with van der Waals surface area (Å²) in [5.74, 6) is 0.384. The SMILES string of the molecule is Oc1ccccc1CN1CCC(Nc2ccnc3cc(Cl)ccc23)CC1. The molecule has 1 fully saturated rings. The van der Waals surface area contributed by atoms with E-state index in [-0.39, 0.29) is 0 Å². The number of piperidine rings is 1. The maximum atomic E-state index is 9.95. The summed E-state index contributed by atoms with van der Waals surface area (Å²) in [7, 11) is 0. The summed E-state index contributed by atoms with van der Waals surface area (Å²) < 4.78 is 0. The molecular weight excluding hydrogens is 346 g/mol. The van der Waals surface area contributed by atoms with Crippen molar-refractivity contribution in [3.05, 3.63) is 65.3 Å². The van der Waals surface area contributed by atoms with Crippen LogP contribution in [-0.4, -0.2) is 34.1 Å². The normalized spacial score (nSPS) is 16.0. The molecule has 0 bridgehead atoms. The standard InChI is InChI=1S/C21H22ClN3O/c22-16-5-6-18-19(7-10-23-20(18)13-16)24-17-8-11-25(12-9-17)14-15-3-1-2-4-21(15)26/h1-7,10,13,17,26H,8-9,11-12,14H2,(H,23,24). The van der Waals surface area contributed by atoms with E-state index in [9.17, 15) is 5.11 Å². The average Bonchev–Trinajstić information content (AvgIpc) is 2.65. The van der Waals surface area contributed by atoms with Crippen LogP contribution in [0.25, 0.3) is 10.9 Å². The fourth-order valence-corrected chi connectivity index (χ4v) is 3.75. The van der Waals surface area contributed by atoms with E-state index in [2.05, 4.69) is 15.2 Å². The van der Waals surface area contributed by atoms with Gasteiger partial charge in [-0.25, -0.2) is 0 Å². The van der Waals surface area contributed by atoms with Crippen molar-refractivity contribution in [1.29, 1.82) is 0 Å². The Morgan fingerprint density at radius 3 is 2.73 bits per heavy atom. The third-order valence-electron chi connectivity index (χ3n) is 5.04. The highest BCUT2D eigenvalue weighted by Gasteiger charge is 2.20. The van der Waals surface area contributed by atoms with Crippen LogP contribution in [0.5, 0.6) is 5.75 Å². The topological polar surface area (TPSA) is 48.4 Å². The van der Waals surface area contributed by atoms with Crippen LogP contribution in [0, 0.1) is 0 Å². The summed E-state index contributed by atoms with van der Waals surface area (Å²) in [6.07, 6.45) is 3.98. The molecule has 0 aliphatic carbocycles. The molecule has 2 heterocycles. The molecule has 0 radical (unpaired) electrons. The molecule has 1 aliphatic heterocycles. The first-order chi connectivity index (χ1) is 12.7. The molecular formula is C21H22ClN3O. The number of phenols is 1. The number of para-hydroxylation sites is 1. The van der Waals surface area contributed by atoms with E-state index >= 15 is 0 Å². The number of pyridine rings is 1. The molecule has 4 rings (SSSR count). The summed E-state index contributed by atoms with van der Waals surface area (Å²) in [5.41, 5.74) is 3.03. The number of aromatic hydroxyl groups is 1. The smallest absolute Gasteiger partial charge is 0.120 e. The second-order valence-corrected chi connectivity index (χ2v) is 7.28. The van der Waals surface area contributed by atoms with Gasteiger partial charge in [-0.1, -0.05) is 29.8 Å². The quantitative estimate of drug-likeness (QED) is 0.703. The summed E-state index contributed by atoms with van der Waals surface area (Å²) in [4.78, 5) is 6.81. The fourth-order valence-electron chi connectivity index (χ4n) is 3.59. The molecule has 0 amide bonds. The van der Waals surface area contributed by atoms with Crippen molar-refractivity contribution in [3.63, 3.8) is 0 Å². The molecule has 3 aromatic rings. The zero-order valence-electron chi connectivity index (χ0n) is 14.5. The number of likely N-dealkylation sites (tertiary alicyclic amines) is 1. The van der Waals surface area contributed by atoms with E-state index in [0.717, 1.165) is 54.6 Å².